The Labute approximate surface area is 161 Å². The molecule has 1 fully saturated rings. The van der Waals surface area contributed by atoms with E-state index in [1.807, 2.05) is 0 Å². The second-order valence-corrected chi connectivity index (χ2v) is 7.82. The van der Waals surface area contributed by atoms with E-state index in [9.17, 15) is 19.2 Å². The van der Waals surface area contributed by atoms with Gasteiger partial charge in [0.2, 0.25) is 11.8 Å². The van der Waals surface area contributed by atoms with E-state index in [0.29, 0.717) is 16.6 Å². The third-order valence-corrected chi connectivity index (χ3v) is 4.53. The van der Waals surface area contributed by atoms with Crippen LogP contribution in [0.25, 0.3) is 11.0 Å². The zero-order valence-electron chi connectivity index (χ0n) is 16.4. The molecule has 1 saturated heterocycles. The number of amides is 3. The zero-order valence-corrected chi connectivity index (χ0v) is 16.4. The second-order valence-electron chi connectivity index (χ2n) is 7.82. The normalized spacial score (nSPS) is 17.5. The third kappa shape index (κ3) is 3.78. The van der Waals surface area contributed by atoms with Crippen LogP contribution in [0.15, 0.2) is 23.0 Å². The van der Waals surface area contributed by atoms with Crippen molar-refractivity contribution in [1.29, 1.82) is 0 Å². The number of ether oxygens (including phenoxy) is 1. The summed E-state index contributed by atoms with van der Waals surface area (Å²) >= 11 is 0. The van der Waals surface area contributed by atoms with Crippen LogP contribution in [0, 0.1) is 0 Å². The predicted molar refractivity (Wildman–Crippen MR) is 102 cm³/mol. The molecule has 1 aromatic carbocycles. The van der Waals surface area contributed by atoms with Crippen LogP contribution in [0.5, 0.6) is 0 Å². The summed E-state index contributed by atoms with van der Waals surface area (Å²) in [4.78, 5) is 48.5. The summed E-state index contributed by atoms with van der Waals surface area (Å²) in [6.45, 7) is 5.49. The lowest BCUT2D eigenvalue weighted by atomic mass is 10.1. The van der Waals surface area contributed by atoms with Crippen LogP contribution < -0.4 is 16.3 Å². The monoisotopic (exact) mass is 388 g/mol. The van der Waals surface area contributed by atoms with Crippen LogP contribution in [-0.4, -0.2) is 32.6 Å². The van der Waals surface area contributed by atoms with Gasteiger partial charge in [-0.15, -0.1) is 0 Å². The number of imide groups is 1. The molecule has 2 N–H and O–H groups in total. The molecule has 1 atom stereocenters. The van der Waals surface area contributed by atoms with Crippen LogP contribution in [0.4, 0.5) is 4.79 Å². The minimum Gasteiger partial charge on any atom is -0.444 e. The molecule has 0 bridgehead atoms. The fourth-order valence-electron chi connectivity index (χ4n) is 3.37. The highest BCUT2D eigenvalue weighted by molar-refractivity contribution is 6.00. The molecule has 3 rings (SSSR count). The Balaban J connectivity index is 1.95. The van der Waals surface area contributed by atoms with E-state index in [1.54, 1.807) is 46.0 Å². The molecule has 1 unspecified atom stereocenters. The van der Waals surface area contributed by atoms with Crippen LogP contribution in [-0.2, 0) is 27.9 Å². The molecular weight excluding hydrogens is 364 g/mol. The van der Waals surface area contributed by atoms with Gasteiger partial charge in [0, 0.05) is 20.0 Å². The number of nitrogens with zero attached hydrogens (tertiary/aromatic N) is 2. The summed E-state index contributed by atoms with van der Waals surface area (Å²) in [6.07, 6.45) is -0.109. The first-order valence-corrected chi connectivity index (χ1v) is 9.08. The van der Waals surface area contributed by atoms with Gasteiger partial charge in [-0.1, -0.05) is 12.1 Å². The Hall–Kier alpha value is -3.10. The van der Waals surface area contributed by atoms with Crippen molar-refractivity contribution in [3.05, 3.63) is 34.2 Å². The van der Waals surface area contributed by atoms with Gasteiger partial charge in [-0.25, -0.2) is 9.59 Å². The van der Waals surface area contributed by atoms with Crippen molar-refractivity contribution in [3.8, 4) is 0 Å². The number of hydrogen-bond acceptors (Lipinski definition) is 5. The smallest absolute Gasteiger partial charge is 0.407 e. The molecular formula is C19H24N4O5. The highest BCUT2D eigenvalue weighted by Gasteiger charge is 2.31. The Kier molecular flexibility index (Phi) is 5.01. The number of benzene rings is 1. The lowest BCUT2D eigenvalue weighted by molar-refractivity contribution is -0.135. The van der Waals surface area contributed by atoms with Crippen LogP contribution in [0.2, 0.25) is 0 Å². The number of aromatic nitrogens is 2. The minimum absolute atomic E-state index is 0.166. The summed E-state index contributed by atoms with van der Waals surface area (Å²) < 4.78 is 8.10. The summed E-state index contributed by atoms with van der Waals surface area (Å²) in [6, 6.07) is 4.56. The number of imidazole rings is 1. The van der Waals surface area contributed by atoms with E-state index in [4.69, 9.17) is 4.74 Å². The number of fused-ring (bicyclic) bond motifs is 1. The predicted octanol–water partition coefficient (Wildman–Crippen LogP) is 1.34. The molecule has 1 aliphatic rings. The van der Waals surface area contributed by atoms with Crippen molar-refractivity contribution in [1.82, 2.24) is 19.8 Å². The summed E-state index contributed by atoms with van der Waals surface area (Å²) in [5.74, 6) is -0.820. The fourth-order valence-corrected chi connectivity index (χ4v) is 3.37. The Bertz CT molecular complexity index is 1010. The zero-order chi connectivity index (χ0) is 20.6. The lowest BCUT2D eigenvalue weighted by Crippen LogP contribution is -2.44. The standard InChI is InChI=1S/C19H24N4O5/c1-19(2,3)28-17(26)20-10-11-6-5-7-12-15(11)22(4)18(27)23(12)13-8-9-14(24)21-16(13)25/h5-7,13H,8-10H2,1-4H3,(H,20,26)(H,21,24,25). The summed E-state index contributed by atoms with van der Waals surface area (Å²) in [5.41, 5.74) is 0.944. The van der Waals surface area contributed by atoms with E-state index in [2.05, 4.69) is 10.6 Å². The molecule has 28 heavy (non-hydrogen) atoms. The lowest BCUT2D eigenvalue weighted by Gasteiger charge is -2.22. The van der Waals surface area contributed by atoms with Gasteiger partial charge in [-0.3, -0.25) is 24.0 Å². The number of aryl methyl sites for hydroxylation is 1. The fraction of sp³-hybridized carbons (Fsp3) is 0.474. The molecule has 2 aromatic rings. The largest absolute Gasteiger partial charge is 0.444 e. The van der Waals surface area contributed by atoms with Crippen molar-refractivity contribution in [2.45, 2.75) is 51.8 Å². The molecule has 0 spiro atoms. The average molecular weight is 388 g/mol. The Morgan fingerprint density at radius 3 is 2.64 bits per heavy atom. The molecule has 0 saturated carbocycles. The van der Waals surface area contributed by atoms with Gasteiger partial charge in [-0.2, -0.15) is 0 Å². The molecule has 3 amide bonds. The Morgan fingerprint density at radius 2 is 2.00 bits per heavy atom. The van der Waals surface area contributed by atoms with Gasteiger partial charge < -0.3 is 10.1 Å². The first-order chi connectivity index (χ1) is 13.1. The molecule has 1 aliphatic heterocycles. The van der Waals surface area contributed by atoms with Gasteiger partial charge in [-0.05, 0) is 38.8 Å². The van der Waals surface area contributed by atoms with Gasteiger partial charge in [0.05, 0.1) is 11.0 Å². The number of nitrogens with one attached hydrogen (secondary N) is 2. The molecule has 150 valence electrons. The van der Waals surface area contributed by atoms with Gasteiger partial charge in [0.1, 0.15) is 11.6 Å². The van der Waals surface area contributed by atoms with Gasteiger partial charge in [0.25, 0.3) is 0 Å². The first-order valence-electron chi connectivity index (χ1n) is 9.08. The maximum Gasteiger partial charge on any atom is 0.407 e. The van der Waals surface area contributed by atoms with Gasteiger partial charge in [0.15, 0.2) is 0 Å². The number of rotatable bonds is 3. The number of piperidine rings is 1. The average Bonchev–Trinajstić information content (AvgIpc) is 2.84. The van der Waals surface area contributed by atoms with Crippen molar-refractivity contribution in [2.75, 3.05) is 0 Å². The molecule has 9 heteroatoms. The van der Waals surface area contributed by atoms with E-state index in [1.165, 1.54) is 9.13 Å². The molecule has 9 nitrogen and oxygen atoms in total. The molecule has 1 aromatic heterocycles. The van der Waals surface area contributed by atoms with Gasteiger partial charge >= 0.3 is 11.8 Å². The van der Waals surface area contributed by atoms with Crippen molar-refractivity contribution < 1.29 is 19.1 Å². The van der Waals surface area contributed by atoms with Crippen LogP contribution in [0.3, 0.4) is 0 Å². The SMILES string of the molecule is Cn1c(=O)n(C2CCC(=O)NC2=O)c2cccc(CNC(=O)OC(C)(C)C)c21. The van der Waals surface area contributed by atoms with E-state index >= 15 is 0 Å². The topological polar surface area (TPSA) is 111 Å². The second kappa shape index (κ2) is 7.14. The highest BCUT2D eigenvalue weighted by atomic mass is 16.6. The van der Waals surface area contributed by atoms with Crippen molar-refractivity contribution in [3.63, 3.8) is 0 Å². The molecule has 0 radical (unpaired) electrons. The molecule has 0 aliphatic carbocycles. The van der Waals surface area contributed by atoms with Crippen molar-refractivity contribution >= 4 is 28.9 Å². The quantitative estimate of drug-likeness (QED) is 0.771. The maximum atomic E-state index is 12.8. The van der Waals surface area contributed by atoms with E-state index < -0.39 is 23.6 Å². The number of hydrogen-bond donors (Lipinski definition) is 2. The van der Waals surface area contributed by atoms with Crippen LogP contribution >= 0.6 is 0 Å². The first kappa shape index (κ1) is 19.7. The number of para-hydroxylation sites is 1. The highest BCUT2D eigenvalue weighted by Crippen LogP contribution is 2.25. The minimum atomic E-state index is -0.747. The Morgan fingerprint density at radius 1 is 1.29 bits per heavy atom. The van der Waals surface area contributed by atoms with E-state index in [0.717, 1.165) is 0 Å². The summed E-state index contributed by atoms with van der Waals surface area (Å²) in [7, 11) is 1.62. The third-order valence-electron chi connectivity index (χ3n) is 4.53. The molecule has 2 heterocycles. The van der Waals surface area contributed by atoms with Crippen LogP contribution in [0.1, 0.15) is 45.2 Å². The summed E-state index contributed by atoms with van der Waals surface area (Å²) in [5, 5.41) is 4.97. The number of carbonyl (C=O) groups is 3. The van der Waals surface area contributed by atoms with E-state index in [-0.39, 0.29) is 31.0 Å². The number of carbonyl (C=O) groups excluding carboxylic acids is 3. The number of alkyl carbamates (subject to hydrolysis) is 1. The maximum absolute atomic E-state index is 12.8. The van der Waals surface area contributed by atoms with Crippen molar-refractivity contribution in [2.24, 2.45) is 7.05 Å².